The van der Waals surface area contributed by atoms with Gasteiger partial charge in [0, 0.05) is 24.0 Å². The predicted molar refractivity (Wildman–Crippen MR) is 88.4 cm³/mol. The number of rotatable bonds is 8. The Balaban J connectivity index is 1.53. The van der Waals surface area contributed by atoms with Gasteiger partial charge in [-0.3, -0.25) is 9.59 Å². The van der Waals surface area contributed by atoms with Crippen molar-refractivity contribution in [3.05, 3.63) is 0 Å². The second-order valence-corrected chi connectivity index (χ2v) is 8.63. The van der Waals surface area contributed by atoms with E-state index in [1.807, 2.05) is 0 Å². The highest BCUT2D eigenvalue weighted by molar-refractivity contribution is 8.76. The zero-order valence-electron chi connectivity index (χ0n) is 12.4. The molecule has 2 unspecified atom stereocenters. The van der Waals surface area contributed by atoms with E-state index in [1.165, 1.54) is 38.5 Å². The Morgan fingerprint density at radius 2 is 1.62 bits per heavy atom. The Morgan fingerprint density at radius 3 is 2.24 bits per heavy atom. The molecule has 0 aliphatic heterocycles. The average molecular weight is 332 g/mol. The van der Waals surface area contributed by atoms with Crippen LogP contribution in [-0.2, 0) is 9.59 Å². The van der Waals surface area contributed by atoms with Crippen molar-refractivity contribution in [2.45, 2.75) is 44.9 Å². The SMILES string of the molecule is O=C(O)CCSSCCNC(=O)C1C2CCCCCCC21. The average Bonchev–Trinajstić information content (AvgIpc) is 3.08. The summed E-state index contributed by atoms with van der Waals surface area (Å²) in [6.07, 6.45) is 7.94. The van der Waals surface area contributed by atoms with Crippen LogP contribution in [0.25, 0.3) is 0 Å². The van der Waals surface area contributed by atoms with E-state index in [-0.39, 0.29) is 18.2 Å². The summed E-state index contributed by atoms with van der Waals surface area (Å²) in [4.78, 5) is 22.5. The fraction of sp³-hybridized carbons (Fsp3) is 0.867. The number of fused-ring (bicyclic) bond motifs is 1. The first-order chi connectivity index (χ1) is 10.2. The Hall–Kier alpha value is -0.360. The van der Waals surface area contributed by atoms with Gasteiger partial charge in [-0.25, -0.2) is 0 Å². The number of carboxylic acid groups (broad SMARTS) is 1. The Bertz CT molecular complexity index is 351. The van der Waals surface area contributed by atoms with Gasteiger partial charge in [-0.15, -0.1) is 0 Å². The number of aliphatic carboxylic acids is 1. The minimum Gasteiger partial charge on any atom is -0.481 e. The van der Waals surface area contributed by atoms with Crippen LogP contribution in [0.2, 0.25) is 0 Å². The van der Waals surface area contributed by atoms with Crippen LogP contribution < -0.4 is 5.32 Å². The maximum Gasteiger partial charge on any atom is 0.304 e. The molecular formula is C15H25NO3S2. The fourth-order valence-corrected chi connectivity index (χ4v) is 5.20. The Kier molecular flexibility index (Phi) is 7.23. The lowest BCUT2D eigenvalue weighted by Gasteiger charge is -2.04. The van der Waals surface area contributed by atoms with Crippen molar-refractivity contribution in [2.75, 3.05) is 18.1 Å². The maximum absolute atomic E-state index is 12.2. The van der Waals surface area contributed by atoms with Crippen LogP contribution in [0.3, 0.4) is 0 Å². The largest absolute Gasteiger partial charge is 0.481 e. The quantitative estimate of drug-likeness (QED) is 0.528. The summed E-state index contributed by atoms with van der Waals surface area (Å²) in [5.41, 5.74) is 0. The summed E-state index contributed by atoms with van der Waals surface area (Å²) in [5.74, 6) is 2.57. The van der Waals surface area contributed by atoms with Crippen molar-refractivity contribution < 1.29 is 14.7 Å². The first-order valence-electron chi connectivity index (χ1n) is 7.94. The number of hydrogen-bond donors (Lipinski definition) is 2. The molecule has 21 heavy (non-hydrogen) atoms. The van der Waals surface area contributed by atoms with Gasteiger partial charge in [0.05, 0.1) is 6.42 Å². The molecule has 0 aromatic rings. The summed E-state index contributed by atoms with van der Waals surface area (Å²) in [5, 5.41) is 11.6. The second kappa shape index (κ2) is 8.93. The van der Waals surface area contributed by atoms with Crippen LogP contribution in [0.4, 0.5) is 0 Å². The van der Waals surface area contributed by atoms with Gasteiger partial charge >= 0.3 is 5.97 Å². The minimum absolute atomic E-state index is 0.204. The number of carbonyl (C=O) groups is 2. The molecule has 4 nitrogen and oxygen atoms in total. The molecule has 2 saturated carbocycles. The number of amides is 1. The van der Waals surface area contributed by atoms with Gasteiger partial charge < -0.3 is 10.4 Å². The molecule has 0 saturated heterocycles. The molecule has 0 radical (unpaired) electrons. The number of carbonyl (C=O) groups excluding carboxylic acids is 1. The van der Waals surface area contributed by atoms with Crippen LogP contribution in [0.15, 0.2) is 0 Å². The first-order valence-corrected chi connectivity index (χ1v) is 10.4. The monoisotopic (exact) mass is 331 g/mol. The standard InChI is InChI=1S/C15H25NO3S2/c17-13(18)7-9-20-21-10-8-16-15(19)14-11-5-3-1-2-4-6-12(11)14/h11-12,14H,1-10H2,(H,16,19)(H,17,18). The van der Waals surface area contributed by atoms with E-state index in [0.717, 1.165) is 5.75 Å². The molecule has 2 fully saturated rings. The zero-order chi connectivity index (χ0) is 15.1. The van der Waals surface area contributed by atoms with Crippen LogP contribution in [0, 0.1) is 17.8 Å². The van der Waals surface area contributed by atoms with Crippen LogP contribution in [0.5, 0.6) is 0 Å². The summed E-state index contributed by atoms with van der Waals surface area (Å²) in [7, 11) is 3.21. The Morgan fingerprint density at radius 1 is 1.00 bits per heavy atom. The van der Waals surface area contributed by atoms with Crippen molar-refractivity contribution in [1.82, 2.24) is 5.32 Å². The molecule has 2 rings (SSSR count). The van der Waals surface area contributed by atoms with E-state index in [9.17, 15) is 9.59 Å². The van der Waals surface area contributed by atoms with Gasteiger partial charge in [-0.1, -0.05) is 47.3 Å². The topological polar surface area (TPSA) is 66.4 Å². The normalized spacial score (nSPS) is 28.1. The molecule has 2 N–H and O–H groups in total. The smallest absolute Gasteiger partial charge is 0.304 e. The van der Waals surface area contributed by atoms with Crippen LogP contribution in [0.1, 0.15) is 44.9 Å². The highest BCUT2D eigenvalue weighted by Crippen LogP contribution is 2.53. The molecule has 0 bridgehead atoms. The third kappa shape index (κ3) is 5.74. The molecule has 0 aromatic heterocycles. The van der Waals surface area contributed by atoms with Gasteiger partial charge in [0.15, 0.2) is 0 Å². The minimum atomic E-state index is -0.750. The molecule has 0 aromatic carbocycles. The first kappa shape index (κ1) is 17.0. The molecule has 0 spiro atoms. The van der Waals surface area contributed by atoms with Crippen LogP contribution in [-0.4, -0.2) is 35.0 Å². The predicted octanol–water partition coefficient (Wildman–Crippen LogP) is 3.18. The highest BCUT2D eigenvalue weighted by Gasteiger charge is 2.53. The van der Waals surface area contributed by atoms with E-state index in [1.54, 1.807) is 21.6 Å². The van der Waals surface area contributed by atoms with E-state index in [4.69, 9.17) is 5.11 Å². The zero-order valence-corrected chi connectivity index (χ0v) is 14.0. The van der Waals surface area contributed by atoms with Crippen molar-refractivity contribution >= 4 is 33.5 Å². The molecule has 6 heteroatoms. The molecule has 2 aliphatic carbocycles. The molecule has 0 heterocycles. The molecule has 1 amide bonds. The Labute approximate surface area is 134 Å². The molecule has 2 aliphatic rings. The van der Waals surface area contributed by atoms with Gasteiger partial charge in [-0.2, -0.15) is 0 Å². The van der Waals surface area contributed by atoms with E-state index in [2.05, 4.69) is 5.32 Å². The molecule has 120 valence electrons. The fourth-order valence-electron chi connectivity index (χ4n) is 3.32. The summed E-state index contributed by atoms with van der Waals surface area (Å²) >= 11 is 0. The molecular weight excluding hydrogens is 306 g/mol. The summed E-state index contributed by atoms with van der Waals surface area (Å²) in [6.45, 7) is 0.694. The van der Waals surface area contributed by atoms with Gasteiger partial charge in [0.2, 0.25) is 5.91 Å². The maximum atomic E-state index is 12.2. The number of carboxylic acids is 1. The lowest BCUT2D eigenvalue weighted by molar-refractivity contribution is -0.136. The summed E-state index contributed by atoms with van der Waals surface area (Å²) in [6, 6.07) is 0. The number of hydrogen-bond acceptors (Lipinski definition) is 4. The van der Waals surface area contributed by atoms with Gasteiger partial charge in [0.25, 0.3) is 0 Å². The molecule has 2 atom stereocenters. The van der Waals surface area contributed by atoms with Crippen molar-refractivity contribution in [1.29, 1.82) is 0 Å². The highest BCUT2D eigenvalue weighted by atomic mass is 33.1. The van der Waals surface area contributed by atoms with E-state index in [0.29, 0.717) is 24.1 Å². The van der Waals surface area contributed by atoms with Crippen molar-refractivity contribution in [2.24, 2.45) is 17.8 Å². The lowest BCUT2D eigenvalue weighted by Crippen LogP contribution is -2.28. The van der Waals surface area contributed by atoms with E-state index >= 15 is 0 Å². The van der Waals surface area contributed by atoms with Crippen molar-refractivity contribution in [3.63, 3.8) is 0 Å². The van der Waals surface area contributed by atoms with Gasteiger partial charge in [-0.05, 0) is 24.7 Å². The third-order valence-corrected chi connectivity index (χ3v) is 6.83. The second-order valence-electron chi connectivity index (χ2n) is 5.92. The van der Waals surface area contributed by atoms with Gasteiger partial charge in [0.1, 0.15) is 0 Å². The van der Waals surface area contributed by atoms with E-state index < -0.39 is 5.97 Å². The number of nitrogens with one attached hydrogen (secondary N) is 1. The van der Waals surface area contributed by atoms with Crippen molar-refractivity contribution in [3.8, 4) is 0 Å². The summed E-state index contributed by atoms with van der Waals surface area (Å²) < 4.78 is 0. The third-order valence-electron chi connectivity index (χ3n) is 4.43. The lowest BCUT2D eigenvalue weighted by atomic mass is 10.0. The van der Waals surface area contributed by atoms with Crippen LogP contribution >= 0.6 is 21.6 Å².